The minimum atomic E-state index is -0.434. The lowest BCUT2D eigenvalue weighted by Gasteiger charge is -2.43. The second-order valence-electron chi connectivity index (χ2n) is 8.95. The molecule has 4 heteroatoms. The van der Waals surface area contributed by atoms with Crippen LogP contribution in [0.2, 0.25) is 0 Å². The third kappa shape index (κ3) is 5.01. The Morgan fingerprint density at radius 2 is 1.54 bits per heavy atom. The largest absolute Gasteiger partial charge is 0.508 e. The minimum absolute atomic E-state index is 0.0250. The van der Waals surface area contributed by atoms with Gasteiger partial charge in [0.2, 0.25) is 0 Å². The molecule has 2 heterocycles. The Balaban J connectivity index is 1.86. The summed E-state index contributed by atoms with van der Waals surface area (Å²) in [6, 6.07) is 3.71. The zero-order chi connectivity index (χ0) is 20.1. The lowest BCUT2D eigenvalue weighted by molar-refractivity contribution is -0.168. The Kier molecular flexibility index (Phi) is 7.64. The van der Waals surface area contributed by atoms with Gasteiger partial charge in [-0.25, -0.2) is 0 Å². The summed E-state index contributed by atoms with van der Waals surface area (Å²) in [6.45, 7) is 6.78. The first kappa shape index (κ1) is 21.4. The van der Waals surface area contributed by atoms with Gasteiger partial charge >= 0.3 is 0 Å². The third-order valence-corrected chi connectivity index (χ3v) is 6.73. The van der Waals surface area contributed by atoms with Gasteiger partial charge in [-0.2, -0.15) is 0 Å². The zero-order valence-electron chi connectivity index (χ0n) is 17.8. The molecule has 0 saturated carbocycles. The first-order chi connectivity index (χ1) is 13.5. The predicted molar refractivity (Wildman–Crippen MR) is 112 cm³/mol. The highest BCUT2D eigenvalue weighted by atomic mass is 16.5. The van der Waals surface area contributed by atoms with Crippen LogP contribution in [0.5, 0.6) is 11.5 Å². The molecular weight excluding hydrogens is 352 g/mol. The molecule has 158 valence electrons. The zero-order valence-corrected chi connectivity index (χ0v) is 17.8. The van der Waals surface area contributed by atoms with E-state index in [-0.39, 0.29) is 29.8 Å². The highest BCUT2D eigenvalue weighted by Gasteiger charge is 2.41. The number of benzene rings is 1. The van der Waals surface area contributed by atoms with E-state index in [2.05, 4.69) is 6.92 Å². The maximum atomic E-state index is 10.9. The molecule has 1 saturated heterocycles. The predicted octanol–water partition coefficient (Wildman–Crippen LogP) is 5.68. The maximum absolute atomic E-state index is 10.9. The van der Waals surface area contributed by atoms with E-state index in [1.54, 1.807) is 6.07 Å². The Morgan fingerprint density at radius 1 is 0.893 bits per heavy atom. The van der Waals surface area contributed by atoms with Crippen LogP contribution in [0.3, 0.4) is 0 Å². The molecule has 28 heavy (non-hydrogen) atoms. The van der Waals surface area contributed by atoms with Crippen LogP contribution >= 0.6 is 0 Å². The number of aromatic hydroxyl groups is 1. The summed E-state index contributed by atoms with van der Waals surface area (Å²) < 4.78 is 12.5. The summed E-state index contributed by atoms with van der Waals surface area (Å²) in [5.41, 5.74) is 1.68. The molecule has 4 bridgehead atoms. The van der Waals surface area contributed by atoms with Gasteiger partial charge in [-0.3, -0.25) is 0 Å². The van der Waals surface area contributed by atoms with E-state index in [0.717, 1.165) is 36.1 Å². The fraction of sp³-hybridized carbons (Fsp3) is 0.750. The van der Waals surface area contributed by atoms with Gasteiger partial charge in [-0.15, -0.1) is 0 Å². The second-order valence-corrected chi connectivity index (χ2v) is 8.95. The SMILES string of the molecule is Cc1cc(O)c2cc1OCCCCCCCCCC[C@H]1O[C@@H]2[C@H](C)[C@@H](O)[C@H]1C. The van der Waals surface area contributed by atoms with Gasteiger partial charge in [0.15, 0.2) is 0 Å². The second kappa shape index (κ2) is 9.98. The van der Waals surface area contributed by atoms with Crippen LogP contribution in [0, 0.1) is 18.8 Å². The Morgan fingerprint density at radius 3 is 2.25 bits per heavy atom. The third-order valence-electron chi connectivity index (χ3n) is 6.73. The molecule has 2 aliphatic rings. The molecule has 3 rings (SSSR count). The molecule has 4 nitrogen and oxygen atoms in total. The van der Waals surface area contributed by atoms with Crippen LogP contribution < -0.4 is 4.74 Å². The van der Waals surface area contributed by atoms with Crippen molar-refractivity contribution in [3.63, 3.8) is 0 Å². The lowest BCUT2D eigenvalue weighted by atomic mass is 9.79. The Labute approximate surface area is 170 Å². The molecule has 5 atom stereocenters. The van der Waals surface area contributed by atoms with Crippen LogP contribution in [-0.2, 0) is 4.74 Å². The van der Waals surface area contributed by atoms with Crippen LogP contribution in [0.25, 0.3) is 0 Å². The van der Waals surface area contributed by atoms with Crippen molar-refractivity contribution in [3.05, 3.63) is 23.3 Å². The smallest absolute Gasteiger partial charge is 0.122 e. The number of hydrogen-bond acceptors (Lipinski definition) is 4. The van der Waals surface area contributed by atoms with Gasteiger partial charge in [0, 0.05) is 17.4 Å². The van der Waals surface area contributed by atoms with Gasteiger partial charge < -0.3 is 19.7 Å². The van der Waals surface area contributed by atoms with Crippen molar-refractivity contribution in [2.45, 2.75) is 96.9 Å². The van der Waals surface area contributed by atoms with Gasteiger partial charge in [0.1, 0.15) is 11.5 Å². The van der Waals surface area contributed by atoms with Crippen molar-refractivity contribution in [3.8, 4) is 11.5 Å². The van der Waals surface area contributed by atoms with E-state index in [9.17, 15) is 10.2 Å². The van der Waals surface area contributed by atoms with E-state index in [4.69, 9.17) is 9.47 Å². The molecular formula is C24H38O4. The molecule has 0 radical (unpaired) electrons. The van der Waals surface area contributed by atoms with E-state index in [1.165, 1.54) is 38.5 Å². The van der Waals surface area contributed by atoms with E-state index in [1.807, 2.05) is 19.9 Å². The summed E-state index contributed by atoms with van der Waals surface area (Å²) in [4.78, 5) is 0. The van der Waals surface area contributed by atoms with Gasteiger partial charge in [0.25, 0.3) is 0 Å². The lowest BCUT2D eigenvalue weighted by Crippen LogP contribution is -2.45. The average Bonchev–Trinajstić information content (AvgIpc) is 2.67. The van der Waals surface area contributed by atoms with Crippen molar-refractivity contribution in [1.29, 1.82) is 0 Å². The van der Waals surface area contributed by atoms with Crippen molar-refractivity contribution >= 4 is 0 Å². The van der Waals surface area contributed by atoms with Crippen LogP contribution in [0.1, 0.15) is 88.9 Å². The molecule has 0 aliphatic carbocycles. The standard InChI is InChI=1S/C24H38O4/c1-16-14-20(25)19-15-22(16)27-13-11-9-7-5-4-6-8-10-12-21-17(2)23(26)18(3)24(19)28-21/h14-15,17-18,21,23-26H,4-13H2,1-3H3/t17-,18+,21+,23-,24+/m0/s1. The normalized spacial score (nSPS) is 32.9. The highest BCUT2D eigenvalue weighted by Crippen LogP contribution is 2.44. The number of ether oxygens (including phenoxy) is 2. The topological polar surface area (TPSA) is 58.9 Å². The summed E-state index contributed by atoms with van der Waals surface area (Å²) >= 11 is 0. The summed E-state index contributed by atoms with van der Waals surface area (Å²) in [5, 5.41) is 21.5. The van der Waals surface area contributed by atoms with Gasteiger partial charge in [-0.1, -0.05) is 58.8 Å². The minimum Gasteiger partial charge on any atom is -0.508 e. The fourth-order valence-corrected chi connectivity index (χ4v) is 4.76. The molecule has 2 N–H and O–H groups in total. The average molecular weight is 391 g/mol. The molecule has 1 aromatic rings. The highest BCUT2D eigenvalue weighted by molar-refractivity contribution is 5.46. The first-order valence-electron chi connectivity index (χ1n) is 11.3. The number of fused-ring (bicyclic) bond motifs is 5. The summed E-state index contributed by atoms with van der Waals surface area (Å²) in [5.74, 6) is 1.09. The quantitative estimate of drug-likeness (QED) is 0.598. The van der Waals surface area contributed by atoms with E-state index in [0.29, 0.717) is 6.61 Å². The van der Waals surface area contributed by atoms with Crippen LogP contribution in [0.15, 0.2) is 12.1 Å². The van der Waals surface area contributed by atoms with Crippen molar-refractivity contribution in [2.24, 2.45) is 11.8 Å². The number of aryl methyl sites for hydroxylation is 1. The molecule has 0 spiro atoms. The van der Waals surface area contributed by atoms with E-state index >= 15 is 0 Å². The molecule has 0 aromatic heterocycles. The number of phenols is 1. The van der Waals surface area contributed by atoms with Crippen molar-refractivity contribution in [2.75, 3.05) is 6.61 Å². The number of aliphatic hydroxyl groups is 1. The Hall–Kier alpha value is -1.26. The summed E-state index contributed by atoms with van der Waals surface area (Å²) in [7, 11) is 0. The molecule has 1 aromatic carbocycles. The fourth-order valence-electron chi connectivity index (χ4n) is 4.76. The number of rotatable bonds is 0. The van der Waals surface area contributed by atoms with E-state index < -0.39 is 6.10 Å². The maximum Gasteiger partial charge on any atom is 0.122 e. The monoisotopic (exact) mass is 390 g/mol. The molecule has 1 fully saturated rings. The molecule has 2 aliphatic heterocycles. The van der Waals surface area contributed by atoms with Crippen LogP contribution in [-0.4, -0.2) is 29.0 Å². The van der Waals surface area contributed by atoms with Crippen molar-refractivity contribution in [1.82, 2.24) is 0 Å². The first-order valence-corrected chi connectivity index (χ1v) is 11.3. The van der Waals surface area contributed by atoms with Gasteiger partial charge in [-0.05, 0) is 37.5 Å². The number of aliphatic hydroxyl groups excluding tert-OH is 1. The Bertz CT molecular complexity index is 629. The van der Waals surface area contributed by atoms with Crippen molar-refractivity contribution < 1.29 is 19.7 Å². The number of phenolic OH excluding ortho intramolecular Hbond substituents is 1. The number of hydrogen-bond donors (Lipinski definition) is 2. The summed E-state index contributed by atoms with van der Waals surface area (Å²) in [6.07, 6.45) is 10.0. The molecule has 0 unspecified atom stereocenters. The van der Waals surface area contributed by atoms with Gasteiger partial charge in [0.05, 0.1) is 24.9 Å². The van der Waals surface area contributed by atoms with Crippen LogP contribution in [0.4, 0.5) is 0 Å². The molecule has 0 amide bonds.